The van der Waals surface area contributed by atoms with Gasteiger partial charge in [0.1, 0.15) is 0 Å². The Balaban J connectivity index is 2.08. The molecule has 0 radical (unpaired) electrons. The smallest absolute Gasteiger partial charge is 0.263 e. The van der Waals surface area contributed by atoms with E-state index in [9.17, 15) is 4.79 Å². The average molecular weight is 280 g/mol. The summed E-state index contributed by atoms with van der Waals surface area (Å²) in [4.78, 5) is 16.4. The third-order valence-electron chi connectivity index (χ3n) is 3.68. The molecule has 2 heterocycles. The lowest BCUT2D eigenvalue weighted by atomic mass is 9.93. The second-order valence-corrected chi connectivity index (χ2v) is 5.99. The Bertz CT molecular complexity index is 482. The number of hydrogen-bond donors (Lipinski definition) is 1. The molecular weight excluding hydrogens is 260 g/mol. The molecule has 1 aromatic heterocycles. The molecule has 1 aliphatic rings. The van der Waals surface area contributed by atoms with Crippen molar-refractivity contribution in [1.29, 1.82) is 0 Å². The maximum absolute atomic E-state index is 12.4. The summed E-state index contributed by atoms with van der Waals surface area (Å²) in [5.41, 5.74) is 0.826. The second kappa shape index (κ2) is 6.19. The number of piperidine rings is 1. The molecular formula is C14H20N2O2S. The molecule has 1 N–H and O–H groups in total. The van der Waals surface area contributed by atoms with Crippen LogP contribution in [0.3, 0.4) is 0 Å². The topological polar surface area (TPSA) is 52.9 Å². The van der Waals surface area contributed by atoms with Gasteiger partial charge in [0, 0.05) is 30.3 Å². The van der Waals surface area contributed by atoms with Gasteiger partial charge in [-0.25, -0.2) is 0 Å². The zero-order valence-electron chi connectivity index (χ0n) is 11.4. The fraction of sp³-hybridized carbons (Fsp3) is 0.571. The van der Waals surface area contributed by atoms with Crippen LogP contribution < -0.4 is 0 Å². The van der Waals surface area contributed by atoms with Crippen molar-refractivity contribution in [3.05, 3.63) is 21.9 Å². The summed E-state index contributed by atoms with van der Waals surface area (Å²) >= 11 is 1.58. The summed E-state index contributed by atoms with van der Waals surface area (Å²) in [6, 6.07) is 3.95. The monoisotopic (exact) mass is 280 g/mol. The number of carbonyl (C=O) groups is 1. The summed E-state index contributed by atoms with van der Waals surface area (Å²) in [6.45, 7) is 5.46. The zero-order valence-corrected chi connectivity index (χ0v) is 12.2. The Kier molecular flexibility index (Phi) is 4.58. The number of nitrogens with zero attached hydrogens (tertiary/aromatic N) is 2. The SMILES string of the molecule is CCc1ccc(C(=O)N2CC/C(=N\O)C(CC)C2)s1. The molecule has 0 spiro atoms. The van der Waals surface area contributed by atoms with Gasteiger partial charge in [-0.1, -0.05) is 19.0 Å². The van der Waals surface area contributed by atoms with Crippen LogP contribution in [0, 0.1) is 5.92 Å². The van der Waals surface area contributed by atoms with E-state index in [0.717, 1.165) is 23.4 Å². The molecule has 4 nitrogen and oxygen atoms in total. The Labute approximate surface area is 117 Å². The first-order chi connectivity index (χ1) is 9.19. The van der Waals surface area contributed by atoms with Crippen molar-refractivity contribution in [2.75, 3.05) is 13.1 Å². The third-order valence-corrected chi connectivity index (χ3v) is 4.90. The molecule has 0 aromatic carbocycles. The first kappa shape index (κ1) is 14.1. The average Bonchev–Trinajstić information content (AvgIpc) is 2.94. The van der Waals surface area contributed by atoms with Gasteiger partial charge < -0.3 is 10.1 Å². The third kappa shape index (κ3) is 2.97. The largest absolute Gasteiger partial charge is 0.411 e. The minimum Gasteiger partial charge on any atom is -0.411 e. The van der Waals surface area contributed by atoms with Crippen LogP contribution in [0.4, 0.5) is 0 Å². The molecule has 1 fully saturated rings. The van der Waals surface area contributed by atoms with Gasteiger partial charge in [-0.2, -0.15) is 0 Å². The standard InChI is InChI=1S/C14H20N2O2S/c1-3-10-9-16(8-7-12(10)15-18)14(17)13-6-5-11(4-2)19-13/h5-6,10,18H,3-4,7-9H2,1-2H3/b15-12+. The fourth-order valence-corrected chi connectivity index (χ4v) is 3.35. The van der Waals surface area contributed by atoms with E-state index in [1.54, 1.807) is 11.3 Å². The summed E-state index contributed by atoms with van der Waals surface area (Å²) < 4.78 is 0. The number of oxime groups is 1. The van der Waals surface area contributed by atoms with E-state index in [0.29, 0.717) is 19.5 Å². The number of carbonyl (C=O) groups excluding carboxylic acids is 1. The lowest BCUT2D eigenvalue weighted by Crippen LogP contribution is -2.43. The maximum atomic E-state index is 12.4. The van der Waals surface area contributed by atoms with Crippen LogP contribution in [-0.2, 0) is 6.42 Å². The van der Waals surface area contributed by atoms with Crippen LogP contribution in [0.5, 0.6) is 0 Å². The Hall–Kier alpha value is -1.36. The number of likely N-dealkylation sites (tertiary alicyclic amines) is 1. The molecule has 1 atom stereocenters. The molecule has 1 aliphatic heterocycles. The minimum absolute atomic E-state index is 0.111. The molecule has 1 saturated heterocycles. The Morgan fingerprint density at radius 3 is 2.89 bits per heavy atom. The molecule has 1 unspecified atom stereocenters. The van der Waals surface area contributed by atoms with Gasteiger partial charge >= 0.3 is 0 Å². The Morgan fingerprint density at radius 1 is 1.53 bits per heavy atom. The number of amides is 1. The number of rotatable bonds is 3. The van der Waals surface area contributed by atoms with Crippen LogP contribution in [0.1, 0.15) is 41.2 Å². The van der Waals surface area contributed by atoms with Crippen molar-refractivity contribution < 1.29 is 10.0 Å². The van der Waals surface area contributed by atoms with Gasteiger partial charge in [-0.15, -0.1) is 11.3 Å². The zero-order chi connectivity index (χ0) is 13.8. The van der Waals surface area contributed by atoms with E-state index >= 15 is 0 Å². The molecule has 0 saturated carbocycles. The van der Waals surface area contributed by atoms with E-state index in [-0.39, 0.29) is 11.8 Å². The molecule has 1 amide bonds. The van der Waals surface area contributed by atoms with Crippen molar-refractivity contribution in [3.63, 3.8) is 0 Å². The highest BCUT2D eigenvalue weighted by Gasteiger charge is 2.28. The van der Waals surface area contributed by atoms with Gasteiger partial charge in [0.05, 0.1) is 10.6 Å². The number of aryl methyl sites for hydroxylation is 1. The first-order valence-electron chi connectivity index (χ1n) is 6.78. The predicted octanol–water partition coefficient (Wildman–Crippen LogP) is 3.01. The van der Waals surface area contributed by atoms with E-state index in [2.05, 4.69) is 19.0 Å². The van der Waals surface area contributed by atoms with E-state index < -0.39 is 0 Å². The van der Waals surface area contributed by atoms with Gasteiger partial charge in [0.2, 0.25) is 0 Å². The molecule has 0 aliphatic carbocycles. The molecule has 2 rings (SSSR count). The highest BCUT2D eigenvalue weighted by atomic mass is 32.1. The van der Waals surface area contributed by atoms with Crippen molar-refractivity contribution in [3.8, 4) is 0 Å². The van der Waals surface area contributed by atoms with Crippen molar-refractivity contribution in [2.45, 2.75) is 33.1 Å². The van der Waals surface area contributed by atoms with Crippen LogP contribution >= 0.6 is 11.3 Å². The molecule has 104 valence electrons. The summed E-state index contributed by atoms with van der Waals surface area (Å²) in [6.07, 6.45) is 2.54. The van der Waals surface area contributed by atoms with Gasteiger partial charge in [-0.3, -0.25) is 4.79 Å². The lowest BCUT2D eigenvalue weighted by molar-refractivity contribution is 0.0734. The van der Waals surface area contributed by atoms with E-state index in [1.165, 1.54) is 4.88 Å². The minimum atomic E-state index is 0.111. The van der Waals surface area contributed by atoms with E-state index in [4.69, 9.17) is 5.21 Å². The van der Waals surface area contributed by atoms with Crippen LogP contribution in [-0.4, -0.2) is 34.8 Å². The molecule has 5 heteroatoms. The summed E-state index contributed by atoms with van der Waals surface area (Å²) in [5, 5.41) is 12.3. The maximum Gasteiger partial charge on any atom is 0.263 e. The number of hydrogen-bond acceptors (Lipinski definition) is 4. The van der Waals surface area contributed by atoms with Crippen molar-refractivity contribution in [1.82, 2.24) is 4.90 Å². The van der Waals surface area contributed by atoms with Crippen LogP contribution in [0.15, 0.2) is 17.3 Å². The molecule has 0 bridgehead atoms. The predicted molar refractivity (Wildman–Crippen MR) is 77.2 cm³/mol. The molecule has 1 aromatic rings. The van der Waals surface area contributed by atoms with Gasteiger partial charge in [-0.05, 0) is 25.0 Å². The normalized spacial score (nSPS) is 21.9. The first-order valence-corrected chi connectivity index (χ1v) is 7.60. The van der Waals surface area contributed by atoms with Crippen molar-refractivity contribution >= 4 is 23.0 Å². The fourth-order valence-electron chi connectivity index (χ4n) is 2.44. The van der Waals surface area contributed by atoms with Gasteiger partial charge in [0.15, 0.2) is 0 Å². The highest BCUT2D eigenvalue weighted by molar-refractivity contribution is 7.14. The summed E-state index contributed by atoms with van der Waals surface area (Å²) in [7, 11) is 0. The van der Waals surface area contributed by atoms with E-state index in [1.807, 2.05) is 17.0 Å². The Morgan fingerprint density at radius 2 is 2.32 bits per heavy atom. The summed E-state index contributed by atoms with van der Waals surface area (Å²) in [5.74, 6) is 0.299. The highest BCUT2D eigenvalue weighted by Crippen LogP contribution is 2.23. The van der Waals surface area contributed by atoms with Crippen molar-refractivity contribution in [2.24, 2.45) is 11.1 Å². The number of thiophene rings is 1. The van der Waals surface area contributed by atoms with Gasteiger partial charge in [0.25, 0.3) is 5.91 Å². The van der Waals surface area contributed by atoms with Crippen LogP contribution in [0.2, 0.25) is 0 Å². The second-order valence-electron chi connectivity index (χ2n) is 4.82. The van der Waals surface area contributed by atoms with Crippen LogP contribution in [0.25, 0.3) is 0 Å². The quantitative estimate of drug-likeness (QED) is 0.683. The molecule has 19 heavy (non-hydrogen) atoms. The lowest BCUT2D eigenvalue weighted by Gasteiger charge is -2.32.